The fourth-order valence-corrected chi connectivity index (χ4v) is 2.05. The van der Waals surface area contributed by atoms with Crippen molar-refractivity contribution in [3.63, 3.8) is 0 Å². The lowest BCUT2D eigenvalue weighted by Crippen LogP contribution is -1.89. The van der Waals surface area contributed by atoms with Gasteiger partial charge in [0.05, 0.1) is 0 Å². The normalized spacial score (nSPS) is 10.8. The van der Waals surface area contributed by atoms with E-state index < -0.39 is 5.97 Å². The molecule has 0 fully saturated rings. The molecule has 2 nitrogen and oxygen atoms in total. The quantitative estimate of drug-likeness (QED) is 0.874. The van der Waals surface area contributed by atoms with Crippen LogP contribution in [0.4, 0.5) is 0 Å². The standard InChI is InChI=1S/C13H10O2S/c14-13(15)12-9-8-11(16-12)7-6-10-4-2-1-3-5-10/h1-9H,(H,14,15)/b7-6+. The number of rotatable bonds is 3. The van der Waals surface area contributed by atoms with Crippen LogP contribution in [0, 0.1) is 0 Å². The van der Waals surface area contributed by atoms with Crippen molar-refractivity contribution < 1.29 is 9.90 Å². The van der Waals surface area contributed by atoms with Crippen LogP contribution in [0.3, 0.4) is 0 Å². The molecule has 3 heteroatoms. The molecule has 2 aromatic rings. The van der Waals surface area contributed by atoms with E-state index in [2.05, 4.69) is 0 Å². The average Bonchev–Trinajstić information content (AvgIpc) is 2.76. The van der Waals surface area contributed by atoms with Gasteiger partial charge in [-0.25, -0.2) is 4.79 Å². The van der Waals surface area contributed by atoms with E-state index >= 15 is 0 Å². The zero-order chi connectivity index (χ0) is 11.4. The summed E-state index contributed by atoms with van der Waals surface area (Å²) in [7, 11) is 0. The zero-order valence-corrected chi connectivity index (χ0v) is 9.28. The second-order valence-corrected chi connectivity index (χ2v) is 4.37. The van der Waals surface area contributed by atoms with Crippen LogP contribution in [0.15, 0.2) is 42.5 Å². The molecule has 0 saturated heterocycles. The molecule has 0 aliphatic rings. The number of aromatic carboxylic acids is 1. The highest BCUT2D eigenvalue weighted by atomic mass is 32.1. The van der Waals surface area contributed by atoms with Gasteiger partial charge in [0.2, 0.25) is 0 Å². The molecular weight excluding hydrogens is 220 g/mol. The molecule has 0 aliphatic carbocycles. The first-order chi connectivity index (χ1) is 7.75. The average molecular weight is 230 g/mol. The first-order valence-electron chi connectivity index (χ1n) is 4.82. The van der Waals surface area contributed by atoms with Crippen molar-refractivity contribution >= 4 is 29.5 Å². The van der Waals surface area contributed by atoms with Crippen molar-refractivity contribution in [2.45, 2.75) is 0 Å². The summed E-state index contributed by atoms with van der Waals surface area (Å²) in [6.07, 6.45) is 3.89. The highest BCUT2D eigenvalue weighted by Gasteiger charge is 2.04. The van der Waals surface area contributed by atoms with E-state index in [1.807, 2.05) is 48.6 Å². The van der Waals surface area contributed by atoms with Gasteiger partial charge in [-0.2, -0.15) is 0 Å². The first kappa shape index (κ1) is 10.6. The number of hydrogen-bond donors (Lipinski definition) is 1. The van der Waals surface area contributed by atoms with Crippen LogP contribution in [-0.2, 0) is 0 Å². The van der Waals surface area contributed by atoms with E-state index in [1.54, 1.807) is 6.07 Å². The Morgan fingerprint density at radius 2 is 1.81 bits per heavy atom. The van der Waals surface area contributed by atoms with Gasteiger partial charge in [-0.05, 0) is 23.8 Å². The van der Waals surface area contributed by atoms with Gasteiger partial charge in [0.15, 0.2) is 0 Å². The largest absolute Gasteiger partial charge is 0.477 e. The first-order valence-corrected chi connectivity index (χ1v) is 5.63. The lowest BCUT2D eigenvalue weighted by atomic mass is 10.2. The van der Waals surface area contributed by atoms with Gasteiger partial charge < -0.3 is 5.11 Å². The predicted molar refractivity (Wildman–Crippen MR) is 66.6 cm³/mol. The maximum atomic E-state index is 10.7. The molecule has 0 atom stereocenters. The molecule has 0 unspecified atom stereocenters. The van der Waals surface area contributed by atoms with Crippen LogP contribution in [0.2, 0.25) is 0 Å². The monoisotopic (exact) mass is 230 g/mol. The van der Waals surface area contributed by atoms with Crippen molar-refractivity contribution in [1.29, 1.82) is 0 Å². The van der Waals surface area contributed by atoms with Crippen LogP contribution in [0.1, 0.15) is 20.1 Å². The lowest BCUT2D eigenvalue weighted by Gasteiger charge is -1.89. The van der Waals surface area contributed by atoms with Crippen molar-refractivity contribution in [2.24, 2.45) is 0 Å². The Hall–Kier alpha value is -1.87. The topological polar surface area (TPSA) is 37.3 Å². The lowest BCUT2D eigenvalue weighted by molar-refractivity contribution is 0.0702. The van der Waals surface area contributed by atoms with Crippen LogP contribution < -0.4 is 0 Å². The summed E-state index contributed by atoms with van der Waals surface area (Å²) in [5.74, 6) is -0.871. The Morgan fingerprint density at radius 1 is 1.06 bits per heavy atom. The van der Waals surface area contributed by atoms with Gasteiger partial charge in [0.1, 0.15) is 4.88 Å². The predicted octanol–water partition coefficient (Wildman–Crippen LogP) is 3.62. The minimum atomic E-state index is -0.871. The van der Waals surface area contributed by atoms with Gasteiger partial charge in [-0.3, -0.25) is 0 Å². The van der Waals surface area contributed by atoms with E-state index in [1.165, 1.54) is 11.3 Å². The fourth-order valence-electron chi connectivity index (χ4n) is 1.30. The molecule has 0 saturated carbocycles. The van der Waals surface area contributed by atoms with Gasteiger partial charge in [-0.1, -0.05) is 36.4 Å². The molecule has 2 rings (SSSR count). The Labute approximate surface area is 97.5 Å². The van der Waals surface area contributed by atoms with Crippen LogP contribution in [0.25, 0.3) is 12.2 Å². The summed E-state index contributed by atoms with van der Waals surface area (Å²) < 4.78 is 0. The smallest absolute Gasteiger partial charge is 0.345 e. The molecule has 1 N–H and O–H groups in total. The number of hydrogen-bond acceptors (Lipinski definition) is 2. The van der Waals surface area contributed by atoms with E-state index in [9.17, 15) is 4.79 Å². The minimum Gasteiger partial charge on any atom is -0.477 e. The van der Waals surface area contributed by atoms with Crippen LogP contribution >= 0.6 is 11.3 Å². The Balaban J connectivity index is 2.15. The minimum absolute atomic E-state index is 0.368. The second-order valence-electron chi connectivity index (χ2n) is 3.25. The van der Waals surface area contributed by atoms with Crippen molar-refractivity contribution in [2.75, 3.05) is 0 Å². The van der Waals surface area contributed by atoms with Crippen LogP contribution in [0.5, 0.6) is 0 Å². The summed E-state index contributed by atoms with van der Waals surface area (Å²) in [5.41, 5.74) is 1.10. The number of carboxylic acid groups (broad SMARTS) is 1. The summed E-state index contributed by atoms with van der Waals surface area (Å²) in [6, 6.07) is 13.3. The molecule has 0 spiro atoms. The van der Waals surface area contributed by atoms with E-state index in [0.717, 1.165) is 10.4 Å². The third-order valence-corrected chi connectivity index (χ3v) is 3.12. The van der Waals surface area contributed by atoms with Crippen LogP contribution in [-0.4, -0.2) is 11.1 Å². The number of carboxylic acids is 1. The van der Waals surface area contributed by atoms with Gasteiger partial charge in [0, 0.05) is 4.88 Å². The third-order valence-electron chi connectivity index (χ3n) is 2.08. The van der Waals surface area contributed by atoms with Crippen molar-refractivity contribution in [3.05, 3.63) is 57.8 Å². The number of benzene rings is 1. The third kappa shape index (κ3) is 2.58. The zero-order valence-electron chi connectivity index (χ0n) is 8.46. The molecule has 0 bridgehead atoms. The molecule has 16 heavy (non-hydrogen) atoms. The molecule has 0 aliphatic heterocycles. The Kier molecular flexibility index (Phi) is 3.17. The van der Waals surface area contributed by atoms with Crippen molar-refractivity contribution in [1.82, 2.24) is 0 Å². The summed E-state index contributed by atoms with van der Waals surface area (Å²) in [4.78, 5) is 12.0. The SMILES string of the molecule is O=C(O)c1ccc(/C=C/c2ccccc2)s1. The van der Waals surface area contributed by atoms with E-state index in [-0.39, 0.29) is 0 Å². The Morgan fingerprint density at radius 3 is 2.44 bits per heavy atom. The van der Waals surface area contributed by atoms with Crippen molar-refractivity contribution in [3.8, 4) is 0 Å². The highest BCUT2D eigenvalue weighted by Crippen LogP contribution is 2.18. The number of thiophene rings is 1. The summed E-state index contributed by atoms with van der Waals surface area (Å²) in [6.45, 7) is 0. The maximum absolute atomic E-state index is 10.7. The molecule has 0 radical (unpaired) electrons. The Bertz CT molecular complexity index is 512. The molecular formula is C13H10O2S. The van der Waals surface area contributed by atoms with Gasteiger partial charge >= 0.3 is 5.97 Å². The molecule has 0 amide bonds. The molecule has 1 heterocycles. The summed E-state index contributed by atoms with van der Waals surface area (Å²) in [5, 5.41) is 8.77. The van der Waals surface area contributed by atoms with E-state index in [0.29, 0.717) is 4.88 Å². The van der Waals surface area contributed by atoms with Gasteiger partial charge in [-0.15, -0.1) is 11.3 Å². The molecule has 1 aromatic heterocycles. The van der Waals surface area contributed by atoms with E-state index in [4.69, 9.17) is 5.11 Å². The fraction of sp³-hybridized carbons (Fsp3) is 0. The molecule has 80 valence electrons. The number of carbonyl (C=O) groups is 1. The summed E-state index contributed by atoms with van der Waals surface area (Å²) >= 11 is 1.27. The second kappa shape index (κ2) is 4.77. The maximum Gasteiger partial charge on any atom is 0.345 e. The van der Waals surface area contributed by atoms with Gasteiger partial charge in [0.25, 0.3) is 0 Å². The highest BCUT2D eigenvalue weighted by molar-refractivity contribution is 7.14. The molecule has 1 aromatic carbocycles.